The molecule has 0 aromatic heterocycles. The van der Waals surface area contributed by atoms with Crippen molar-refractivity contribution in [2.45, 2.75) is 62.4 Å². The number of carbonyl (C=O) groups excluding carboxylic acids is 1. The first kappa shape index (κ1) is 30.4. The second kappa shape index (κ2) is 10.5. The minimum Gasteiger partial charge on any atom is -0.478 e. The summed E-state index contributed by atoms with van der Waals surface area (Å²) < 4.78 is 63.0. The lowest BCUT2D eigenvalue weighted by Crippen LogP contribution is -2.41. The fourth-order valence-corrected chi connectivity index (χ4v) is 7.46. The van der Waals surface area contributed by atoms with Crippen LogP contribution in [-0.2, 0) is 20.0 Å². The van der Waals surface area contributed by atoms with Crippen LogP contribution in [0.1, 0.15) is 62.3 Å². The van der Waals surface area contributed by atoms with E-state index in [4.69, 9.17) is 4.74 Å². The third-order valence-corrected chi connectivity index (χ3v) is 8.83. The van der Waals surface area contributed by atoms with E-state index < -0.39 is 69.7 Å². The minimum atomic E-state index is -4.52. The standard InChI is InChI=1S/C22H26Br2N2O8S2/c1-21(2,3)25-35(30,31)16-11-12(23)7-8-13(16)20(29)34-17-15(24)10-9-14(19(27)28)18(17)36(32,33)26-22(4,5)6/h7-11,25-26H,1-6H3,(H,27,28). The van der Waals surface area contributed by atoms with Gasteiger partial charge in [-0.3, -0.25) is 0 Å². The van der Waals surface area contributed by atoms with Crippen LogP contribution in [0.25, 0.3) is 0 Å². The number of sulfonamides is 2. The predicted molar refractivity (Wildman–Crippen MR) is 140 cm³/mol. The van der Waals surface area contributed by atoms with Crippen LogP contribution in [-0.4, -0.2) is 45.0 Å². The zero-order valence-corrected chi connectivity index (χ0v) is 25.1. The van der Waals surface area contributed by atoms with Gasteiger partial charge in [0.2, 0.25) is 20.0 Å². The number of aromatic carboxylic acids is 1. The Morgan fingerprint density at radius 2 is 1.33 bits per heavy atom. The molecule has 198 valence electrons. The Bertz CT molecular complexity index is 1430. The van der Waals surface area contributed by atoms with Crippen molar-refractivity contribution in [1.82, 2.24) is 9.44 Å². The second-order valence-corrected chi connectivity index (χ2v) is 14.8. The number of hydrogen-bond donors (Lipinski definition) is 3. The van der Waals surface area contributed by atoms with Crippen molar-refractivity contribution in [3.05, 3.63) is 50.4 Å². The van der Waals surface area contributed by atoms with Crippen LogP contribution < -0.4 is 14.2 Å². The van der Waals surface area contributed by atoms with Gasteiger partial charge in [0, 0.05) is 15.6 Å². The van der Waals surface area contributed by atoms with E-state index >= 15 is 0 Å². The van der Waals surface area contributed by atoms with Crippen LogP contribution in [0.15, 0.2) is 49.1 Å². The van der Waals surface area contributed by atoms with Crippen molar-refractivity contribution < 1.29 is 36.3 Å². The Morgan fingerprint density at radius 1 is 0.833 bits per heavy atom. The van der Waals surface area contributed by atoms with E-state index in [0.717, 1.165) is 6.07 Å². The molecule has 0 bridgehead atoms. The number of ether oxygens (including phenoxy) is 1. The molecule has 2 aromatic carbocycles. The number of carboxylic acids is 1. The summed E-state index contributed by atoms with van der Waals surface area (Å²) in [6, 6.07) is 6.06. The van der Waals surface area contributed by atoms with Crippen molar-refractivity contribution >= 4 is 63.8 Å². The first-order valence-corrected chi connectivity index (χ1v) is 14.9. The summed E-state index contributed by atoms with van der Waals surface area (Å²) in [6.07, 6.45) is 0. The normalized spacial score (nSPS) is 12.9. The summed E-state index contributed by atoms with van der Waals surface area (Å²) in [5, 5.41) is 9.64. The minimum absolute atomic E-state index is 0.0375. The lowest BCUT2D eigenvalue weighted by Gasteiger charge is -2.23. The molecule has 14 heteroatoms. The molecule has 10 nitrogen and oxygen atoms in total. The van der Waals surface area contributed by atoms with Crippen LogP contribution in [0, 0.1) is 0 Å². The fourth-order valence-electron chi connectivity index (χ4n) is 3.02. The van der Waals surface area contributed by atoms with Gasteiger partial charge in [-0.1, -0.05) is 15.9 Å². The molecule has 3 N–H and O–H groups in total. The smallest absolute Gasteiger partial charge is 0.344 e. The van der Waals surface area contributed by atoms with Gasteiger partial charge < -0.3 is 9.84 Å². The molecule has 0 amide bonds. The zero-order chi connectivity index (χ0) is 27.9. The van der Waals surface area contributed by atoms with E-state index in [0.29, 0.717) is 4.47 Å². The molecule has 2 rings (SSSR count). The van der Waals surface area contributed by atoms with Gasteiger partial charge in [-0.15, -0.1) is 0 Å². The van der Waals surface area contributed by atoms with E-state index in [1.54, 1.807) is 41.5 Å². The third-order valence-electron chi connectivity index (χ3n) is 4.09. The number of esters is 1. The van der Waals surface area contributed by atoms with Crippen molar-refractivity contribution in [3.8, 4) is 5.75 Å². The largest absolute Gasteiger partial charge is 0.478 e. The molecule has 0 radical (unpaired) electrons. The molecule has 0 heterocycles. The highest BCUT2D eigenvalue weighted by Crippen LogP contribution is 2.37. The lowest BCUT2D eigenvalue weighted by atomic mass is 10.1. The van der Waals surface area contributed by atoms with Gasteiger partial charge in [0.1, 0.15) is 4.90 Å². The van der Waals surface area contributed by atoms with E-state index in [9.17, 15) is 31.5 Å². The van der Waals surface area contributed by atoms with Gasteiger partial charge in [-0.05, 0) is 87.8 Å². The number of halogens is 2. The highest BCUT2D eigenvalue weighted by molar-refractivity contribution is 9.10. The SMILES string of the molecule is CC(C)(C)NS(=O)(=O)c1cc(Br)ccc1C(=O)Oc1c(Br)ccc(C(=O)O)c1S(=O)(=O)NC(C)(C)C. The molecule has 0 fully saturated rings. The molecule has 0 unspecified atom stereocenters. The van der Waals surface area contributed by atoms with Crippen LogP contribution >= 0.6 is 31.9 Å². The van der Waals surface area contributed by atoms with E-state index in [2.05, 4.69) is 41.3 Å². The highest BCUT2D eigenvalue weighted by Gasteiger charge is 2.34. The van der Waals surface area contributed by atoms with Crippen molar-refractivity contribution in [2.75, 3.05) is 0 Å². The number of benzene rings is 2. The van der Waals surface area contributed by atoms with Gasteiger partial charge in [-0.25, -0.2) is 35.9 Å². The molecule has 0 saturated carbocycles. The zero-order valence-electron chi connectivity index (χ0n) is 20.3. The topological polar surface area (TPSA) is 156 Å². The van der Waals surface area contributed by atoms with Gasteiger partial charge >= 0.3 is 11.9 Å². The Morgan fingerprint density at radius 3 is 1.83 bits per heavy atom. The molecular weight excluding hydrogens is 644 g/mol. The molecule has 0 saturated heterocycles. The van der Waals surface area contributed by atoms with Crippen molar-refractivity contribution in [1.29, 1.82) is 0 Å². The summed E-state index contributed by atoms with van der Waals surface area (Å²) in [6.45, 7) is 9.51. The lowest BCUT2D eigenvalue weighted by molar-refractivity contribution is 0.0678. The molecule has 0 spiro atoms. The summed E-state index contributed by atoms with van der Waals surface area (Å²) in [5.74, 6) is -3.39. The molecule has 2 aromatic rings. The van der Waals surface area contributed by atoms with E-state index in [-0.39, 0.29) is 4.47 Å². The molecule has 0 aliphatic carbocycles. The third kappa shape index (κ3) is 7.59. The summed E-state index contributed by atoms with van der Waals surface area (Å²) in [5.41, 5.74) is -2.91. The van der Waals surface area contributed by atoms with E-state index in [1.165, 1.54) is 24.3 Å². The summed E-state index contributed by atoms with van der Waals surface area (Å²) in [7, 11) is -8.74. The number of hydrogen-bond acceptors (Lipinski definition) is 7. The average Bonchev–Trinajstić information content (AvgIpc) is 2.65. The number of rotatable bonds is 7. The predicted octanol–water partition coefficient (Wildman–Crippen LogP) is 4.28. The Labute approximate surface area is 227 Å². The number of carbonyl (C=O) groups is 2. The number of carboxylic acid groups (broad SMARTS) is 1. The Kier molecular flexibility index (Phi) is 8.86. The molecule has 36 heavy (non-hydrogen) atoms. The number of nitrogens with one attached hydrogen (secondary N) is 2. The summed E-state index contributed by atoms with van der Waals surface area (Å²) >= 11 is 6.29. The Hall–Kier alpha value is -1.84. The molecular formula is C22H26Br2N2O8S2. The molecule has 0 aliphatic rings. The average molecular weight is 670 g/mol. The van der Waals surface area contributed by atoms with Gasteiger partial charge in [0.05, 0.1) is 20.5 Å². The first-order chi connectivity index (χ1) is 16.1. The van der Waals surface area contributed by atoms with Gasteiger partial charge in [0.15, 0.2) is 5.75 Å². The van der Waals surface area contributed by atoms with Gasteiger partial charge in [0.25, 0.3) is 0 Å². The maximum atomic E-state index is 13.2. The van der Waals surface area contributed by atoms with Crippen LogP contribution in [0.4, 0.5) is 0 Å². The van der Waals surface area contributed by atoms with Crippen LogP contribution in [0.2, 0.25) is 0 Å². The summed E-state index contributed by atoms with van der Waals surface area (Å²) in [4.78, 5) is 23.9. The van der Waals surface area contributed by atoms with E-state index in [1.807, 2.05) is 0 Å². The first-order valence-electron chi connectivity index (χ1n) is 10.3. The van der Waals surface area contributed by atoms with Crippen LogP contribution in [0.5, 0.6) is 5.75 Å². The van der Waals surface area contributed by atoms with Crippen LogP contribution in [0.3, 0.4) is 0 Å². The highest BCUT2D eigenvalue weighted by atomic mass is 79.9. The fraction of sp³-hybridized carbons (Fsp3) is 0.364. The van der Waals surface area contributed by atoms with Crippen molar-refractivity contribution in [2.24, 2.45) is 0 Å². The molecule has 0 aliphatic heterocycles. The maximum absolute atomic E-state index is 13.2. The van der Waals surface area contributed by atoms with Crippen molar-refractivity contribution in [3.63, 3.8) is 0 Å². The maximum Gasteiger partial charge on any atom is 0.344 e. The molecule has 0 atom stereocenters. The van der Waals surface area contributed by atoms with Gasteiger partial charge in [-0.2, -0.15) is 0 Å². The Balaban J connectivity index is 2.74. The second-order valence-electron chi connectivity index (χ2n) is 9.80. The monoisotopic (exact) mass is 668 g/mol. The quantitative estimate of drug-likeness (QED) is 0.291.